The Labute approximate surface area is 108 Å². The van der Waals surface area contributed by atoms with Crippen molar-refractivity contribution in [3.63, 3.8) is 0 Å². The van der Waals surface area contributed by atoms with Crippen LogP contribution in [-0.4, -0.2) is 32.7 Å². The number of aliphatic carboxylic acids is 1. The first-order valence-corrected chi connectivity index (χ1v) is 6.37. The van der Waals surface area contributed by atoms with Crippen LogP contribution >= 0.6 is 0 Å². The van der Waals surface area contributed by atoms with Crippen molar-refractivity contribution in [2.24, 2.45) is 0 Å². The van der Waals surface area contributed by atoms with E-state index in [-0.39, 0.29) is 0 Å². The van der Waals surface area contributed by atoms with Gasteiger partial charge in [0, 0.05) is 12.2 Å². The maximum Gasteiger partial charge on any atom is 0.323 e. The highest BCUT2D eigenvalue weighted by atomic mass is 16.4. The number of aromatic nitrogens is 2. The van der Waals surface area contributed by atoms with E-state index in [0.29, 0.717) is 19.5 Å². The lowest BCUT2D eigenvalue weighted by atomic mass is 9.97. The molecule has 1 unspecified atom stereocenters. The zero-order valence-electron chi connectivity index (χ0n) is 11.7. The van der Waals surface area contributed by atoms with Crippen molar-refractivity contribution >= 4 is 5.97 Å². The van der Waals surface area contributed by atoms with Gasteiger partial charge in [-0.15, -0.1) is 0 Å². The molecule has 5 heteroatoms. The molecule has 0 saturated carbocycles. The molecule has 1 rings (SSSR count). The summed E-state index contributed by atoms with van der Waals surface area (Å²) in [6.07, 6.45) is 3.23. The molecule has 1 atom stereocenters. The third-order valence-corrected chi connectivity index (χ3v) is 3.44. The number of hydrogen-bond donors (Lipinski definition) is 2. The molecule has 1 aromatic heterocycles. The molecule has 1 aromatic rings. The van der Waals surface area contributed by atoms with Crippen molar-refractivity contribution in [1.82, 2.24) is 14.9 Å². The van der Waals surface area contributed by atoms with Crippen LogP contribution in [0, 0.1) is 13.8 Å². The van der Waals surface area contributed by atoms with E-state index in [2.05, 4.69) is 10.3 Å². The van der Waals surface area contributed by atoms with Crippen molar-refractivity contribution in [2.45, 2.75) is 52.6 Å². The lowest BCUT2D eigenvalue weighted by molar-refractivity contribution is -0.144. The van der Waals surface area contributed by atoms with Crippen LogP contribution in [0.5, 0.6) is 0 Å². The van der Waals surface area contributed by atoms with Gasteiger partial charge in [0.05, 0.1) is 12.0 Å². The van der Waals surface area contributed by atoms with Crippen LogP contribution in [0.2, 0.25) is 0 Å². The van der Waals surface area contributed by atoms with Crippen molar-refractivity contribution in [1.29, 1.82) is 0 Å². The molecule has 0 aromatic carbocycles. The van der Waals surface area contributed by atoms with Gasteiger partial charge in [-0.05, 0) is 40.2 Å². The van der Waals surface area contributed by atoms with Gasteiger partial charge in [-0.2, -0.15) is 0 Å². The molecule has 0 radical (unpaired) electrons. The van der Waals surface area contributed by atoms with Crippen LogP contribution in [0.1, 0.15) is 38.1 Å². The second-order valence-corrected chi connectivity index (χ2v) is 4.92. The zero-order chi connectivity index (χ0) is 13.8. The zero-order valence-corrected chi connectivity index (χ0v) is 11.7. The molecule has 18 heavy (non-hydrogen) atoms. The summed E-state index contributed by atoms with van der Waals surface area (Å²) in [7, 11) is 0. The summed E-state index contributed by atoms with van der Waals surface area (Å²) in [6.45, 7) is 9.09. The Balaban J connectivity index is 2.68. The van der Waals surface area contributed by atoms with Crippen molar-refractivity contribution in [3.8, 4) is 0 Å². The Hall–Kier alpha value is -1.36. The molecule has 0 aliphatic rings. The second kappa shape index (κ2) is 6.00. The van der Waals surface area contributed by atoms with E-state index >= 15 is 0 Å². The number of imidazole rings is 1. The largest absolute Gasteiger partial charge is 0.480 e. The van der Waals surface area contributed by atoms with Crippen LogP contribution in [0.25, 0.3) is 0 Å². The van der Waals surface area contributed by atoms with E-state index in [1.165, 1.54) is 0 Å². The second-order valence-electron chi connectivity index (χ2n) is 4.92. The highest BCUT2D eigenvalue weighted by molar-refractivity contribution is 5.78. The van der Waals surface area contributed by atoms with E-state index in [1.807, 2.05) is 25.3 Å². The molecule has 0 fully saturated rings. The van der Waals surface area contributed by atoms with Crippen LogP contribution in [0.15, 0.2) is 6.33 Å². The Kier molecular flexibility index (Phi) is 4.90. The maximum atomic E-state index is 11.4. The molecule has 0 spiro atoms. The molecule has 1 heterocycles. The van der Waals surface area contributed by atoms with Gasteiger partial charge in [0.2, 0.25) is 0 Å². The molecule has 0 amide bonds. The first-order chi connectivity index (χ1) is 8.40. The standard InChI is InChI=1S/C13H23N3O2/c1-5-7-15-13(4,12(17)18)6-8-16-9-14-10(2)11(16)3/h9,15H,5-8H2,1-4H3,(H,17,18). The lowest BCUT2D eigenvalue weighted by Gasteiger charge is -2.26. The smallest absolute Gasteiger partial charge is 0.323 e. The number of carbonyl (C=O) groups is 1. The number of nitrogens with one attached hydrogen (secondary N) is 1. The van der Waals surface area contributed by atoms with Crippen molar-refractivity contribution in [2.75, 3.05) is 6.54 Å². The lowest BCUT2D eigenvalue weighted by Crippen LogP contribution is -2.50. The number of aryl methyl sites for hydroxylation is 2. The highest BCUT2D eigenvalue weighted by Gasteiger charge is 2.31. The summed E-state index contributed by atoms with van der Waals surface area (Å²) in [4.78, 5) is 15.6. The molecule has 5 nitrogen and oxygen atoms in total. The van der Waals surface area contributed by atoms with Crippen molar-refractivity contribution in [3.05, 3.63) is 17.7 Å². The number of hydrogen-bond acceptors (Lipinski definition) is 3. The summed E-state index contributed by atoms with van der Waals surface area (Å²) in [5.41, 5.74) is 1.22. The maximum absolute atomic E-state index is 11.4. The van der Waals surface area contributed by atoms with E-state index < -0.39 is 11.5 Å². The Morgan fingerprint density at radius 2 is 2.22 bits per heavy atom. The molecule has 0 aliphatic carbocycles. The molecule has 0 aliphatic heterocycles. The summed E-state index contributed by atoms with van der Waals surface area (Å²) in [6, 6.07) is 0. The molecule has 102 valence electrons. The Morgan fingerprint density at radius 1 is 1.56 bits per heavy atom. The SMILES string of the molecule is CCCNC(C)(CCn1cnc(C)c1C)C(=O)O. The van der Waals surface area contributed by atoms with Gasteiger partial charge in [0.15, 0.2) is 0 Å². The van der Waals surface area contributed by atoms with E-state index in [9.17, 15) is 9.90 Å². The minimum atomic E-state index is -0.874. The van der Waals surface area contributed by atoms with Crippen LogP contribution in [0.3, 0.4) is 0 Å². The molecular weight excluding hydrogens is 230 g/mol. The molecule has 2 N–H and O–H groups in total. The van der Waals surface area contributed by atoms with Gasteiger partial charge in [0.1, 0.15) is 5.54 Å². The predicted octanol–water partition coefficient (Wildman–Crippen LogP) is 1.73. The predicted molar refractivity (Wildman–Crippen MR) is 70.7 cm³/mol. The normalized spacial score (nSPS) is 14.4. The molecule has 0 bridgehead atoms. The highest BCUT2D eigenvalue weighted by Crippen LogP contribution is 2.14. The van der Waals surface area contributed by atoms with Crippen LogP contribution in [-0.2, 0) is 11.3 Å². The van der Waals surface area contributed by atoms with Gasteiger partial charge in [0.25, 0.3) is 0 Å². The fraction of sp³-hybridized carbons (Fsp3) is 0.692. The topological polar surface area (TPSA) is 67.2 Å². The minimum absolute atomic E-state index is 0.541. The molecule has 0 saturated heterocycles. The fourth-order valence-corrected chi connectivity index (χ4v) is 1.79. The number of rotatable bonds is 7. The number of carboxylic acids is 1. The third kappa shape index (κ3) is 3.32. The van der Waals surface area contributed by atoms with Gasteiger partial charge in [-0.25, -0.2) is 4.98 Å². The molecular formula is C13H23N3O2. The minimum Gasteiger partial charge on any atom is -0.480 e. The summed E-state index contributed by atoms with van der Waals surface area (Å²) >= 11 is 0. The van der Waals surface area contributed by atoms with Gasteiger partial charge < -0.3 is 15.0 Å². The number of nitrogens with zero attached hydrogens (tertiary/aromatic N) is 2. The van der Waals surface area contributed by atoms with E-state index in [0.717, 1.165) is 17.8 Å². The first-order valence-electron chi connectivity index (χ1n) is 6.37. The fourth-order valence-electron chi connectivity index (χ4n) is 1.79. The number of carboxylic acid groups (broad SMARTS) is 1. The van der Waals surface area contributed by atoms with Gasteiger partial charge in [-0.1, -0.05) is 6.92 Å². The van der Waals surface area contributed by atoms with Crippen LogP contribution in [0.4, 0.5) is 0 Å². The Bertz CT molecular complexity index is 414. The third-order valence-electron chi connectivity index (χ3n) is 3.44. The Morgan fingerprint density at radius 3 is 2.67 bits per heavy atom. The summed E-state index contributed by atoms with van der Waals surface area (Å²) in [5.74, 6) is -0.801. The average Bonchev–Trinajstić information content (AvgIpc) is 2.65. The monoisotopic (exact) mass is 253 g/mol. The first kappa shape index (κ1) is 14.7. The van der Waals surface area contributed by atoms with E-state index in [1.54, 1.807) is 13.3 Å². The van der Waals surface area contributed by atoms with Gasteiger partial charge >= 0.3 is 5.97 Å². The average molecular weight is 253 g/mol. The van der Waals surface area contributed by atoms with Crippen molar-refractivity contribution < 1.29 is 9.90 Å². The van der Waals surface area contributed by atoms with Crippen LogP contribution < -0.4 is 5.32 Å². The summed E-state index contributed by atoms with van der Waals surface area (Å²) < 4.78 is 2.00. The van der Waals surface area contributed by atoms with E-state index in [4.69, 9.17) is 0 Å². The van der Waals surface area contributed by atoms with Gasteiger partial charge in [-0.3, -0.25) is 4.79 Å². The summed E-state index contributed by atoms with van der Waals surface area (Å²) in [5, 5.41) is 12.4. The quantitative estimate of drug-likeness (QED) is 0.776.